The second-order valence-corrected chi connectivity index (χ2v) is 5.70. The molecule has 0 radical (unpaired) electrons. The van der Waals surface area contributed by atoms with Gasteiger partial charge < -0.3 is 8.74 Å². The number of aryl methyl sites for hydroxylation is 1. The summed E-state index contributed by atoms with van der Waals surface area (Å²) in [7, 11) is -3.85. The molecule has 6 nitrogen and oxygen atoms in total. The molecule has 0 aliphatic rings. The van der Waals surface area contributed by atoms with Crippen molar-refractivity contribution in [2.24, 2.45) is 0 Å². The molecule has 1 aromatic rings. The number of rotatable bonds is 7. The van der Waals surface area contributed by atoms with Crippen LogP contribution >= 0.6 is 0 Å². The first-order valence-electron chi connectivity index (χ1n) is 5.16. The van der Waals surface area contributed by atoms with E-state index in [2.05, 4.69) is 4.18 Å². The van der Waals surface area contributed by atoms with E-state index in [1.807, 2.05) is 6.92 Å². The van der Waals surface area contributed by atoms with Gasteiger partial charge in [0.15, 0.2) is 0 Å². The van der Waals surface area contributed by atoms with Gasteiger partial charge in [-0.25, -0.2) is 4.21 Å². The third-order valence-corrected chi connectivity index (χ3v) is 3.54. The van der Waals surface area contributed by atoms with Crippen molar-refractivity contribution in [1.29, 1.82) is 0 Å². The zero-order valence-electron chi connectivity index (χ0n) is 9.70. The highest BCUT2D eigenvalue weighted by Crippen LogP contribution is 2.14. The average Bonchev–Trinajstić information content (AvgIpc) is 2.28. The maximum Gasteiger partial charge on any atom is 0.311 e. The molecular weight excluding hydrogens is 280 g/mol. The predicted molar refractivity (Wildman–Crippen MR) is 65.1 cm³/mol. The van der Waals surface area contributed by atoms with E-state index in [0.717, 1.165) is 12.0 Å². The molecule has 1 unspecified atom stereocenters. The Labute approximate surface area is 109 Å². The average molecular weight is 293 g/mol. The molecule has 0 spiro atoms. The molecule has 0 saturated carbocycles. The molecule has 102 valence electrons. The topological polar surface area (TPSA) is 92.7 Å². The standard InChI is InChI=1S/C10H14O6S2/c1-2-9-3-5-10(6-4-9)16-18(13,14)8-7-15-17(11)12/h3-6H,2,7-8H2,1H3,(H,11,12)/p-1. The Balaban J connectivity index is 2.56. The maximum atomic E-state index is 11.4. The van der Waals surface area contributed by atoms with Crippen LogP contribution in [0, 0.1) is 0 Å². The minimum absolute atomic E-state index is 0.190. The molecule has 1 rings (SSSR count). The molecule has 0 amide bonds. The van der Waals surface area contributed by atoms with Crippen molar-refractivity contribution in [1.82, 2.24) is 0 Å². The van der Waals surface area contributed by atoms with Crippen molar-refractivity contribution in [2.45, 2.75) is 13.3 Å². The first-order chi connectivity index (χ1) is 8.43. The van der Waals surface area contributed by atoms with Gasteiger partial charge in [0.1, 0.15) is 11.5 Å². The first-order valence-corrected chi connectivity index (χ1v) is 7.74. The van der Waals surface area contributed by atoms with Crippen LogP contribution in [-0.4, -0.2) is 29.5 Å². The lowest BCUT2D eigenvalue weighted by molar-refractivity contribution is 0.316. The summed E-state index contributed by atoms with van der Waals surface area (Å²) in [5.41, 5.74) is 1.06. The van der Waals surface area contributed by atoms with Crippen LogP contribution in [0.15, 0.2) is 24.3 Å². The van der Waals surface area contributed by atoms with E-state index in [0.29, 0.717) is 0 Å². The Morgan fingerprint density at radius 2 is 1.89 bits per heavy atom. The van der Waals surface area contributed by atoms with Crippen LogP contribution in [0.3, 0.4) is 0 Å². The third kappa shape index (κ3) is 5.58. The van der Waals surface area contributed by atoms with Crippen LogP contribution in [-0.2, 0) is 32.1 Å². The lowest BCUT2D eigenvalue weighted by Crippen LogP contribution is -2.18. The molecule has 1 aromatic carbocycles. The van der Waals surface area contributed by atoms with Crippen molar-refractivity contribution in [2.75, 3.05) is 12.4 Å². The highest BCUT2D eigenvalue weighted by Gasteiger charge is 2.12. The molecule has 18 heavy (non-hydrogen) atoms. The monoisotopic (exact) mass is 293 g/mol. The third-order valence-electron chi connectivity index (χ3n) is 2.07. The van der Waals surface area contributed by atoms with Gasteiger partial charge in [0, 0.05) is 0 Å². The smallest absolute Gasteiger partial charge is 0.311 e. The molecule has 0 aliphatic heterocycles. The Hall–Kier alpha value is -0.960. The summed E-state index contributed by atoms with van der Waals surface area (Å²) in [6.07, 6.45) is 0.843. The molecule has 0 aliphatic carbocycles. The first kappa shape index (κ1) is 15.1. The van der Waals surface area contributed by atoms with Crippen LogP contribution in [0.5, 0.6) is 5.75 Å². The fourth-order valence-corrected chi connectivity index (χ4v) is 2.27. The second-order valence-electron chi connectivity index (χ2n) is 3.37. The summed E-state index contributed by atoms with van der Waals surface area (Å²) in [5, 5.41) is 0. The molecule has 0 bridgehead atoms. The fourth-order valence-electron chi connectivity index (χ4n) is 1.17. The lowest BCUT2D eigenvalue weighted by atomic mass is 10.2. The fraction of sp³-hybridized carbons (Fsp3) is 0.400. The van der Waals surface area contributed by atoms with E-state index < -0.39 is 33.8 Å². The van der Waals surface area contributed by atoms with E-state index in [1.54, 1.807) is 24.3 Å². The van der Waals surface area contributed by atoms with Gasteiger partial charge in [0.25, 0.3) is 0 Å². The van der Waals surface area contributed by atoms with Crippen molar-refractivity contribution in [3.05, 3.63) is 29.8 Å². The van der Waals surface area contributed by atoms with Crippen molar-refractivity contribution in [3.63, 3.8) is 0 Å². The highest BCUT2D eigenvalue weighted by molar-refractivity contribution is 7.87. The Morgan fingerprint density at radius 1 is 1.28 bits per heavy atom. The van der Waals surface area contributed by atoms with Crippen LogP contribution < -0.4 is 4.18 Å². The Kier molecular flexibility index (Phi) is 5.73. The predicted octanol–water partition coefficient (Wildman–Crippen LogP) is 0.768. The molecule has 1 atom stereocenters. The molecule has 0 aromatic heterocycles. The minimum Gasteiger partial charge on any atom is -0.750 e. The largest absolute Gasteiger partial charge is 0.750 e. The molecule has 0 saturated heterocycles. The maximum absolute atomic E-state index is 11.4. The van der Waals surface area contributed by atoms with Gasteiger partial charge in [-0.05, 0) is 24.1 Å². The molecule has 8 heteroatoms. The highest BCUT2D eigenvalue weighted by atomic mass is 32.2. The summed E-state index contributed by atoms with van der Waals surface area (Å²) in [5.74, 6) is -0.341. The summed E-state index contributed by atoms with van der Waals surface area (Å²) in [4.78, 5) is 0. The minimum atomic E-state index is -3.85. The second kappa shape index (κ2) is 6.83. The quantitative estimate of drug-likeness (QED) is 0.544. The summed E-state index contributed by atoms with van der Waals surface area (Å²) < 4.78 is 51.9. The Morgan fingerprint density at radius 3 is 2.39 bits per heavy atom. The van der Waals surface area contributed by atoms with Crippen LogP contribution in [0.2, 0.25) is 0 Å². The molecule has 0 heterocycles. The van der Waals surface area contributed by atoms with Crippen molar-refractivity contribution in [3.8, 4) is 5.75 Å². The summed E-state index contributed by atoms with van der Waals surface area (Å²) in [6.45, 7) is 1.51. The van der Waals surface area contributed by atoms with Gasteiger partial charge in [-0.15, -0.1) is 0 Å². The van der Waals surface area contributed by atoms with Gasteiger partial charge in [-0.1, -0.05) is 19.1 Å². The molecule has 0 fully saturated rings. The summed E-state index contributed by atoms with van der Waals surface area (Å²) >= 11 is -2.72. The number of hydrogen-bond donors (Lipinski definition) is 0. The lowest BCUT2D eigenvalue weighted by Gasteiger charge is -2.08. The van der Waals surface area contributed by atoms with Crippen LogP contribution in [0.1, 0.15) is 12.5 Å². The van der Waals surface area contributed by atoms with Gasteiger partial charge in [0.05, 0.1) is 18.0 Å². The van der Waals surface area contributed by atoms with E-state index in [9.17, 15) is 17.2 Å². The van der Waals surface area contributed by atoms with E-state index >= 15 is 0 Å². The molecule has 0 N–H and O–H groups in total. The van der Waals surface area contributed by atoms with Crippen molar-refractivity contribution < 1.29 is 25.5 Å². The van der Waals surface area contributed by atoms with E-state index in [-0.39, 0.29) is 5.75 Å². The zero-order valence-corrected chi connectivity index (χ0v) is 11.3. The molecular formula is C10H13O6S2-. The summed E-state index contributed by atoms with van der Waals surface area (Å²) in [6, 6.07) is 6.61. The van der Waals surface area contributed by atoms with Crippen LogP contribution in [0.4, 0.5) is 0 Å². The van der Waals surface area contributed by atoms with Crippen molar-refractivity contribution >= 4 is 21.5 Å². The van der Waals surface area contributed by atoms with E-state index in [1.165, 1.54) is 0 Å². The Bertz CT molecular complexity index is 494. The van der Waals surface area contributed by atoms with Gasteiger partial charge in [-0.2, -0.15) is 8.42 Å². The normalized spacial score (nSPS) is 13.2. The SMILES string of the molecule is CCc1ccc(OS(=O)(=O)CCOS(=O)[O-])cc1. The van der Waals surface area contributed by atoms with Crippen LogP contribution in [0.25, 0.3) is 0 Å². The van der Waals surface area contributed by atoms with Gasteiger partial charge in [-0.3, -0.25) is 4.18 Å². The van der Waals surface area contributed by atoms with E-state index in [4.69, 9.17) is 4.18 Å². The zero-order chi connectivity index (χ0) is 13.6. The van der Waals surface area contributed by atoms with Gasteiger partial charge >= 0.3 is 10.1 Å². The number of hydrogen-bond acceptors (Lipinski definition) is 6. The number of benzene rings is 1. The van der Waals surface area contributed by atoms with Gasteiger partial charge in [0.2, 0.25) is 0 Å².